The molecule has 1 atom stereocenters. The van der Waals surface area contributed by atoms with Crippen LogP contribution < -0.4 is 16.1 Å². The molecule has 3 aromatic heterocycles. The maximum atomic E-state index is 14.2. The van der Waals surface area contributed by atoms with Gasteiger partial charge >= 0.3 is 5.69 Å². The molecule has 1 saturated heterocycles. The lowest BCUT2D eigenvalue weighted by Crippen LogP contribution is -2.41. The molecule has 0 amide bonds. The lowest BCUT2D eigenvalue weighted by atomic mass is 10.1. The van der Waals surface area contributed by atoms with Crippen molar-refractivity contribution in [1.29, 1.82) is 0 Å². The zero-order chi connectivity index (χ0) is 27.6. The molecule has 0 bridgehead atoms. The van der Waals surface area contributed by atoms with Crippen molar-refractivity contribution in [3.05, 3.63) is 80.5 Å². The van der Waals surface area contributed by atoms with E-state index in [0.29, 0.717) is 24.2 Å². The second-order valence-corrected chi connectivity index (χ2v) is 9.64. The molecule has 202 valence electrons. The quantitative estimate of drug-likeness (QED) is 0.250. The van der Waals surface area contributed by atoms with Gasteiger partial charge in [0.2, 0.25) is 0 Å². The topological polar surface area (TPSA) is 95.8 Å². The van der Waals surface area contributed by atoms with Crippen molar-refractivity contribution in [1.82, 2.24) is 33.4 Å². The average molecular weight is 542 g/mol. The van der Waals surface area contributed by atoms with Gasteiger partial charge in [-0.25, -0.2) is 32.3 Å². The Labute approximate surface area is 217 Å². The molecule has 0 unspecified atom stereocenters. The van der Waals surface area contributed by atoms with Crippen LogP contribution in [0.4, 0.5) is 23.2 Å². The molecule has 0 N–H and O–H groups in total. The van der Waals surface area contributed by atoms with Gasteiger partial charge in [0.15, 0.2) is 23.3 Å². The molecule has 6 rings (SSSR count). The Bertz CT molecular complexity index is 1870. The molecule has 5 aromatic rings. The minimum atomic E-state index is -1.63. The molecule has 0 saturated carbocycles. The van der Waals surface area contributed by atoms with Crippen molar-refractivity contribution in [3.8, 4) is 0 Å². The van der Waals surface area contributed by atoms with E-state index in [4.69, 9.17) is 0 Å². The normalized spacial score (nSPS) is 15.7. The summed E-state index contributed by atoms with van der Waals surface area (Å²) in [7, 11) is 3.37. The van der Waals surface area contributed by atoms with Crippen molar-refractivity contribution in [2.24, 2.45) is 14.1 Å². The second-order valence-electron chi connectivity index (χ2n) is 9.64. The van der Waals surface area contributed by atoms with Gasteiger partial charge in [-0.1, -0.05) is 0 Å². The molecular formula is C25H22F4N8O2. The maximum Gasteiger partial charge on any atom is 0.332 e. The third-order valence-electron chi connectivity index (χ3n) is 6.96. The smallest absolute Gasteiger partial charge is 0.332 e. The van der Waals surface area contributed by atoms with Crippen LogP contribution in [0.3, 0.4) is 0 Å². The summed E-state index contributed by atoms with van der Waals surface area (Å²) in [5, 5.41) is 4.24. The van der Waals surface area contributed by atoms with Crippen LogP contribution in [0.15, 0.2) is 40.4 Å². The van der Waals surface area contributed by atoms with Crippen LogP contribution in [0.2, 0.25) is 0 Å². The molecule has 39 heavy (non-hydrogen) atoms. The fraction of sp³-hybridized carbons (Fsp3) is 0.320. The summed E-state index contributed by atoms with van der Waals surface area (Å²) in [5.74, 6) is -4.25. The van der Waals surface area contributed by atoms with Crippen LogP contribution in [-0.4, -0.2) is 52.7 Å². The van der Waals surface area contributed by atoms with Gasteiger partial charge in [-0.15, -0.1) is 0 Å². The molecule has 14 heteroatoms. The first-order chi connectivity index (χ1) is 18.6. The van der Waals surface area contributed by atoms with Gasteiger partial charge in [-0.3, -0.25) is 18.6 Å². The Kier molecular flexibility index (Phi) is 5.77. The van der Waals surface area contributed by atoms with E-state index >= 15 is 0 Å². The highest BCUT2D eigenvalue weighted by Crippen LogP contribution is 2.34. The van der Waals surface area contributed by atoms with Gasteiger partial charge < -0.3 is 9.47 Å². The average Bonchev–Trinajstić information content (AvgIpc) is 3.62. The van der Waals surface area contributed by atoms with Crippen LogP contribution in [0.25, 0.3) is 21.9 Å². The lowest BCUT2D eigenvalue weighted by Gasteiger charge is -2.22. The number of aromatic nitrogens is 7. The van der Waals surface area contributed by atoms with E-state index in [1.807, 2.05) is 4.90 Å². The highest BCUT2D eigenvalue weighted by molar-refractivity contribution is 6.08. The number of fused-ring (bicyclic) bond motifs is 3. The summed E-state index contributed by atoms with van der Waals surface area (Å²) < 4.78 is 61.2. The van der Waals surface area contributed by atoms with E-state index in [1.165, 1.54) is 21.9 Å². The van der Waals surface area contributed by atoms with Crippen molar-refractivity contribution in [3.63, 3.8) is 0 Å². The SMILES string of the molecule is Cn1cnc(Cn2c(=O)c3c4ncn(C)c4c(N4CC[C@@H](F)C4)cc3n(Cc3cc(F)c(F)c(F)c3)c2=O)n1. The molecule has 10 nitrogen and oxygen atoms in total. The molecule has 1 aliphatic rings. The van der Waals surface area contributed by atoms with Gasteiger partial charge in [0, 0.05) is 27.2 Å². The number of hydrogen-bond acceptors (Lipinski definition) is 6. The van der Waals surface area contributed by atoms with Gasteiger partial charge in [0.1, 0.15) is 18.0 Å². The maximum absolute atomic E-state index is 14.2. The lowest BCUT2D eigenvalue weighted by molar-refractivity contribution is 0.364. The number of halogens is 4. The molecular weight excluding hydrogens is 520 g/mol. The van der Waals surface area contributed by atoms with Gasteiger partial charge in [-0.2, -0.15) is 5.10 Å². The predicted molar refractivity (Wildman–Crippen MR) is 134 cm³/mol. The molecule has 0 spiro atoms. The summed E-state index contributed by atoms with van der Waals surface area (Å²) >= 11 is 0. The number of rotatable bonds is 5. The van der Waals surface area contributed by atoms with E-state index in [-0.39, 0.29) is 47.4 Å². The molecule has 1 aliphatic heterocycles. The molecule has 0 radical (unpaired) electrons. The van der Waals surface area contributed by atoms with Crippen molar-refractivity contribution < 1.29 is 17.6 Å². The van der Waals surface area contributed by atoms with Crippen molar-refractivity contribution in [2.45, 2.75) is 25.7 Å². The van der Waals surface area contributed by atoms with Gasteiger partial charge in [-0.05, 0) is 30.2 Å². The van der Waals surface area contributed by atoms with Crippen LogP contribution >= 0.6 is 0 Å². The molecule has 1 fully saturated rings. The summed E-state index contributed by atoms with van der Waals surface area (Å²) in [5.41, 5.74) is 0.0650. The zero-order valence-corrected chi connectivity index (χ0v) is 20.9. The first kappa shape index (κ1) is 24.8. The Balaban J connectivity index is 1.67. The molecule has 4 heterocycles. The van der Waals surface area contributed by atoms with E-state index in [0.717, 1.165) is 16.7 Å². The van der Waals surface area contributed by atoms with E-state index < -0.39 is 34.9 Å². The fourth-order valence-corrected chi connectivity index (χ4v) is 5.15. The second kappa shape index (κ2) is 9.06. The number of hydrogen-bond donors (Lipinski definition) is 0. The number of anilines is 1. The van der Waals surface area contributed by atoms with Gasteiger partial charge in [0.05, 0.1) is 41.5 Å². The Morgan fingerprint density at radius 3 is 2.36 bits per heavy atom. The number of aryl methyl sites for hydroxylation is 2. The summed E-state index contributed by atoms with van der Waals surface area (Å²) in [4.78, 5) is 38.0. The third-order valence-corrected chi connectivity index (χ3v) is 6.96. The predicted octanol–water partition coefficient (Wildman–Crippen LogP) is 2.24. The standard InChI is InChI=1S/C25H22F4N8O2/c1-33-11-31-22-20-17(7-18(23(22)33)35-4-3-14(26)9-35)36(8-13-5-15(27)21(29)16(28)6-13)25(39)37(24(20)38)10-19-30-12-34(2)32-19/h5-7,11-12,14H,3-4,8-10H2,1-2H3/t14-/m1/s1. The monoisotopic (exact) mass is 542 g/mol. The van der Waals surface area contributed by atoms with Crippen molar-refractivity contribution >= 4 is 27.6 Å². The Morgan fingerprint density at radius 2 is 1.72 bits per heavy atom. The third kappa shape index (κ3) is 4.06. The number of imidazole rings is 1. The Hall–Kier alpha value is -4.49. The summed E-state index contributed by atoms with van der Waals surface area (Å²) in [6, 6.07) is 3.18. The van der Waals surface area contributed by atoms with E-state index in [1.54, 1.807) is 24.7 Å². The molecule has 2 aromatic carbocycles. The van der Waals surface area contributed by atoms with Crippen molar-refractivity contribution in [2.75, 3.05) is 18.0 Å². The van der Waals surface area contributed by atoms with E-state index in [2.05, 4.69) is 15.1 Å². The first-order valence-corrected chi connectivity index (χ1v) is 12.1. The largest absolute Gasteiger partial charge is 0.367 e. The van der Waals surface area contributed by atoms with Crippen LogP contribution in [0.5, 0.6) is 0 Å². The Morgan fingerprint density at radius 1 is 0.974 bits per heavy atom. The minimum Gasteiger partial charge on any atom is -0.367 e. The van der Waals surface area contributed by atoms with Crippen LogP contribution in [0, 0.1) is 17.5 Å². The highest BCUT2D eigenvalue weighted by Gasteiger charge is 2.28. The summed E-state index contributed by atoms with van der Waals surface area (Å²) in [6.07, 6.45) is 2.20. The highest BCUT2D eigenvalue weighted by atomic mass is 19.2. The zero-order valence-electron chi connectivity index (χ0n) is 20.9. The number of alkyl halides is 1. The van der Waals surface area contributed by atoms with Crippen LogP contribution in [0.1, 0.15) is 17.8 Å². The van der Waals surface area contributed by atoms with Gasteiger partial charge in [0.25, 0.3) is 5.56 Å². The fourth-order valence-electron chi connectivity index (χ4n) is 5.15. The first-order valence-electron chi connectivity index (χ1n) is 12.1. The summed E-state index contributed by atoms with van der Waals surface area (Å²) in [6.45, 7) is -0.129. The number of nitrogens with zero attached hydrogens (tertiary/aromatic N) is 8. The molecule has 0 aliphatic carbocycles. The van der Waals surface area contributed by atoms with Crippen LogP contribution in [-0.2, 0) is 27.2 Å². The number of benzene rings is 2. The minimum absolute atomic E-state index is 0.0383. The van der Waals surface area contributed by atoms with E-state index in [9.17, 15) is 27.2 Å².